The standard InChI is InChI=1S/C21H16Cl2N2O3S/c1-28-21(27)18-17(12-5-3-2-4-6-12)15(10-24)20(25-19(18)26)29-11-13-7-8-14(22)9-16(13)23/h2-9,17-18H,11H2,1H3,(H,25,26)/t17-,18+/m0/s1. The van der Waals surface area contributed by atoms with E-state index in [2.05, 4.69) is 11.4 Å². The molecule has 29 heavy (non-hydrogen) atoms. The number of nitrogens with one attached hydrogen (secondary N) is 1. The molecule has 1 N–H and O–H groups in total. The van der Waals surface area contributed by atoms with E-state index < -0.39 is 23.7 Å². The van der Waals surface area contributed by atoms with Crippen LogP contribution >= 0.6 is 35.0 Å². The van der Waals surface area contributed by atoms with Gasteiger partial charge in [-0.3, -0.25) is 9.59 Å². The van der Waals surface area contributed by atoms with E-state index >= 15 is 0 Å². The second kappa shape index (κ2) is 9.36. The number of esters is 1. The molecule has 148 valence electrons. The molecule has 0 fully saturated rings. The maximum absolute atomic E-state index is 12.8. The summed E-state index contributed by atoms with van der Waals surface area (Å²) in [4.78, 5) is 25.1. The highest BCUT2D eigenvalue weighted by atomic mass is 35.5. The average Bonchev–Trinajstić information content (AvgIpc) is 2.72. The lowest BCUT2D eigenvalue weighted by Gasteiger charge is -2.31. The van der Waals surface area contributed by atoms with Crippen molar-refractivity contribution in [2.24, 2.45) is 5.92 Å². The van der Waals surface area contributed by atoms with E-state index in [1.165, 1.54) is 18.9 Å². The van der Waals surface area contributed by atoms with Gasteiger partial charge in [-0.25, -0.2) is 0 Å². The van der Waals surface area contributed by atoms with E-state index in [1.807, 2.05) is 6.07 Å². The summed E-state index contributed by atoms with van der Waals surface area (Å²) in [5.41, 5.74) is 1.81. The number of nitrogens with zero attached hydrogens (tertiary/aromatic N) is 1. The van der Waals surface area contributed by atoms with Crippen LogP contribution in [0.3, 0.4) is 0 Å². The van der Waals surface area contributed by atoms with Crippen LogP contribution in [0.15, 0.2) is 59.1 Å². The van der Waals surface area contributed by atoms with Gasteiger partial charge >= 0.3 is 5.97 Å². The molecular weight excluding hydrogens is 431 g/mol. The fourth-order valence-corrected chi connectivity index (χ4v) is 4.74. The summed E-state index contributed by atoms with van der Waals surface area (Å²) in [5.74, 6) is -2.64. The number of hydrogen-bond acceptors (Lipinski definition) is 5. The number of amides is 1. The van der Waals surface area contributed by atoms with E-state index in [-0.39, 0.29) is 0 Å². The summed E-state index contributed by atoms with van der Waals surface area (Å²) in [7, 11) is 1.22. The Balaban J connectivity index is 2.00. The summed E-state index contributed by atoms with van der Waals surface area (Å²) in [6.45, 7) is 0. The molecule has 0 unspecified atom stereocenters. The third kappa shape index (κ3) is 4.59. The number of methoxy groups -OCH3 is 1. The summed E-state index contributed by atoms with van der Waals surface area (Å²) in [6.07, 6.45) is 0. The van der Waals surface area contributed by atoms with Crippen molar-refractivity contribution in [3.63, 3.8) is 0 Å². The Bertz CT molecular complexity index is 1020. The van der Waals surface area contributed by atoms with Crippen molar-refractivity contribution in [3.05, 3.63) is 80.3 Å². The zero-order valence-corrected chi connectivity index (χ0v) is 17.6. The fourth-order valence-electron chi connectivity index (χ4n) is 3.13. The van der Waals surface area contributed by atoms with Crippen LogP contribution in [0.2, 0.25) is 10.0 Å². The lowest BCUT2D eigenvalue weighted by atomic mass is 9.78. The molecule has 2 aromatic carbocycles. The summed E-state index contributed by atoms with van der Waals surface area (Å²) in [6, 6.07) is 16.3. The highest BCUT2D eigenvalue weighted by molar-refractivity contribution is 8.02. The van der Waals surface area contributed by atoms with Gasteiger partial charge in [-0.1, -0.05) is 59.6 Å². The Morgan fingerprint density at radius 2 is 1.97 bits per heavy atom. The van der Waals surface area contributed by atoms with Gasteiger partial charge in [-0.15, -0.1) is 11.8 Å². The molecule has 0 saturated carbocycles. The van der Waals surface area contributed by atoms with E-state index in [1.54, 1.807) is 42.5 Å². The lowest BCUT2D eigenvalue weighted by Crippen LogP contribution is -2.44. The van der Waals surface area contributed by atoms with Gasteiger partial charge in [0.05, 0.1) is 23.8 Å². The molecule has 8 heteroatoms. The van der Waals surface area contributed by atoms with E-state index in [4.69, 9.17) is 27.9 Å². The first-order valence-electron chi connectivity index (χ1n) is 8.61. The Kier molecular flexibility index (Phi) is 6.86. The van der Waals surface area contributed by atoms with Gasteiger partial charge in [0.1, 0.15) is 5.92 Å². The average molecular weight is 447 g/mol. The maximum Gasteiger partial charge on any atom is 0.319 e. The first-order chi connectivity index (χ1) is 14.0. The number of halogens is 2. The number of nitriles is 1. The first kappa shape index (κ1) is 21.3. The zero-order chi connectivity index (χ0) is 21.0. The van der Waals surface area contributed by atoms with E-state index in [9.17, 15) is 14.9 Å². The molecule has 0 spiro atoms. The second-order valence-corrected chi connectivity index (χ2v) is 8.09. The normalized spacial score (nSPS) is 18.8. The van der Waals surface area contributed by atoms with Gasteiger partial charge in [-0.2, -0.15) is 5.26 Å². The number of rotatable bonds is 5. The van der Waals surface area contributed by atoms with Crippen molar-refractivity contribution >= 4 is 46.8 Å². The zero-order valence-electron chi connectivity index (χ0n) is 15.3. The predicted molar refractivity (Wildman–Crippen MR) is 113 cm³/mol. The molecule has 1 aliphatic heterocycles. The van der Waals surface area contributed by atoms with Gasteiger partial charge in [0.25, 0.3) is 0 Å². The molecule has 2 atom stereocenters. The molecule has 0 bridgehead atoms. The van der Waals surface area contributed by atoms with Gasteiger partial charge in [0, 0.05) is 21.7 Å². The highest BCUT2D eigenvalue weighted by Gasteiger charge is 2.44. The SMILES string of the molecule is COC(=O)[C@H]1C(=O)NC(SCc2ccc(Cl)cc2Cl)=C(C#N)[C@@H]1c1ccccc1. The molecule has 2 aromatic rings. The third-order valence-electron chi connectivity index (χ3n) is 4.53. The third-order valence-corrected chi connectivity index (χ3v) is 6.18. The Morgan fingerprint density at radius 3 is 2.59 bits per heavy atom. The Morgan fingerprint density at radius 1 is 1.24 bits per heavy atom. The van der Waals surface area contributed by atoms with Crippen LogP contribution in [0.5, 0.6) is 0 Å². The minimum Gasteiger partial charge on any atom is -0.468 e. The second-order valence-electron chi connectivity index (χ2n) is 6.26. The number of carbonyl (C=O) groups is 2. The number of thioether (sulfide) groups is 1. The van der Waals surface area contributed by atoms with E-state index in [0.717, 1.165) is 5.56 Å². The van der Waals surface area contributed by atoms with Crippen LogP contribution in [0, 0.1) is 17.2 Å². The molecule has 0 aromatic heterocycles. The number of carbonyl (C=O) groups excluding carboxylic acids is 2. The van der Waals surface area contributed by atoms with Crippen LogP contribution in [-0.2, 0) is 20.1 Å². The molecule has 1 aliphatic rings. The molecule has 1 amide bonds. The monoisotopic (exact) mass is 446 g/mol. The van der Waals surface area contributed by atoms with Gasteiger partial charge in [0.15, 0.2) is 0 Å². The minimum absolute atomic E-state index is 0.307. The number of allylic oxidation sites excluding steroid dienone is 1. The molecule has 0 radical (unpaired) electrons. The smallest absolute Gasteiger partial charge is 0.319 e. The number of hydrogen-bond donors (Lipinski definition) is 1. The number of ether oxygens (including phenoxy) is 1. The van der Waals surface area contributed by atoms with Crippen molar-refractivity contribution in [1.82, 2.24) is 5.32 Å². The maximum atomic E-state index is 12.8. The van der Waals surface area contributed by atoms with Gasteiger partial charge in [-0.05, 0) is 23.3 Å². The summed E-state index contributed by atoms with van der Waals surface area (Å²) in [5, 5.41) is 14.0. The van der Waals surface area contributed by atoms with Crippen molar-refractivity contribution < 1.29 is 14.3 Å². The molecular formula is C21H16Cl2N2O3S. The topological polar surface area (TPSA) is 79.2 Å². The number of benzene rings is 2. The molecule has 1 heterocycles. The minimum atomic E-state index is -1.14. The van der Waals surface area contributed by atoms with Crippen LogP contribution < -0.4 is 5.32 Å². The van der Waals surface area contributed by atoms with Crippen molar-refractivity contribution in [1.29, 1.82) is 5.26 Å². The largest absolute Gasteiger partial charge is 0.468 e. The van der Waals surface area contributed by atoms with Crippen molar-refractivity contribution in [2.45, 2.75) is 11.7 Å². The van der Waals surface area contributed by atoms with Crippen LogP contribution in [0.4, 0.5) is 0 Å². The van der Waals surface area contributed by atoms with Crippen LogP contribution in [0.1, 0.15) is 17.0 Å². The van der Waals surface area contributed by atoms with E-state index in [0.29, 0.717) is 32.0 Å². The predicted octanol–water partition coefficient (Wildman–Crippen LogP) is 4.66. The summed E-state index contributed by atoms with van der Waals surface area (Å²) < 4.78 is 4.83. The summed E-state index contributed by atoms with van der Waals surface area (Å²) >= 11 is 13.4. The van der Waals surface area contributed by atoms with Crippen LogP contribution in [0.25, 0.3) is 0 Å². The lowest BCUT2D eigenvalue weighted by molar-refractivity contribution is -0.150. The molecule has 5 nitrogen and oxygen atoms in total. The quantitative estimate of drug-likeness (QED) is 0.533. The Hall–Kier alpha value is -2.46. The fraction of sp³-hybridized carbons (Fsp3) is 0.190. The van der Waals surface area contributed by atoms with Crippen molar-refractivity contribution in [2.75, 3.05) is 7.11 Å². The van der Waals surface area contributed by atoms with Crippen LogP contribution in [-0.4, -0.2) is 19.0 Å². The van der Waals surface area contributed by atoms with Crippen molar-refractivity contribution in [3.8, 4) is 6.07 Å². The molecule has 3 rings (SSSR count). The van der Waals surface area contributed by atoms with Gasteiger partial charge < -0.3 is 10.1 Å². The first-order valence-corrected chi connectivity index (χ1v) is 10.3. The Labute approximate surface area is 182 Å². The molecule has 0 aliphatic carbocycles. The van der Waals surface area contributed by atoms with Gasteiger partial charge in [0.2, 0.25) is 5.91 Å². The highest BCUT2D eigenvalue weighted by Crippen LogP contribution is 2.41. The molecule has 0 saturated heterocycles.